The molecule has 100 valence electrons. The zero-order valence-electron chi connectivity index (χ0n) is 11.0. The molecule has 0 aliphatic rings. The minimum absolute atomic E-state index is 0.485. The Morgan fingerprint density at radius 1 is 1.26 bits per heavy atom. The van der Waals surface area contributed by atoms with Gasteiger partial charge in [-0.05, 0) is 41.9 Å². The second-order valence-corrected chi connectivity index (χ2v) is 4.96. The largest absolute Gasteiger partial charge is 0.495 e. The minimum atomic E-state index is 0.485. The van der Waals surface area contributed by atoms with E-state index in [0.717, 1.165) is 21.5 Å². The third kappa shape index (κ3) is 2.96. The molecule has 2 rings (SSSR count). The van der Waals surface area contributed by atoms with Crippen molar-refractivity contribution in [3.8, 4) is 5.75 Å². The first-order valence-electron chi connectivity index (χ1n) is 5.72. The molecule has 5 nitrogen and oxygen atoms in total. The van der Waals surface area contributed by atoms with Crippen LogP contribution in [0, 0.1) is 13.8 Å². The van der Waals surface area contributed by atoms with E-state index in [2.05, 4.69) is 31.2 Å². The number of halogens is 1. The van der Waals surface area contributed by atoms with Crippen LogP contribution in [0.4, 0.5) is 17.3 Å². The third-order valence-corrected chi connectivity index (χ3v) is 3.36. The molecule has 0 atom stereocenters. The number of nitrogens with zero attached hydrogens (tertiary/aromatic N) is 2. The molecule has 6 heteroatoms. The molecular formula is C13H15BrN4O. The zero-order chi connectivity index (χ0) is 14.0. The first-order chi connectivity index (χ1) is 9.01. The number of rotatable bonds is 3. The third-order valence-electron chi connectivity index (χ3n) is 2.71. The molecule has 0 amide bonds. The highest BCUT2D eigenvalue weighted by molar-refractivity contribution is 9.10. The van der Waals surface area contributed by atoms with E-state index in [1.807, 2.05) is 32.0 Å². The molecule has 0 saturated carbocycles. The Balaban J connectivity index is 2.36. The van der Waals surface area contributed by atoms with Crippen LogP contribution in [0.1, 0.15) is 11.4 Å². The molecule has 3 N–H and O–H groups in total. The van der Waals surface area contributed by atoms with Crippen LogP contribution in [0.5, 0.6) is 5.75 Å². The van der Waals surface area contributed by atoms with E-state index in [1.165, 1.54) is 0 Å². The van der Waals surface area contributed by atoms with Crippen molar-refractivity contribution >= 4 is 33.3 Å². The molecule has 0 bridgehead atoms. The Kier molecular flexibility index (Phi) is 3.90. The van der Waals surface area contributed by atoms with Crippen LogP contribution >= 0.6 is 15.9 Å². The number of benzene rings is 1. The predicted molar refractivity (Wildman–Crippen MR) is 79.9 cm³/mol. The van der Waals surface area contributed by atoms with Gasteiger partial charge in [-0.25, -0.2) is 9.97 Å². The van der Waals surface area contributed by atoms with Gasteiger partial charge >= 0.3 is 0 Å². The average molecular weight is 323 g/mol. The number of ether oxygens (including phenoxy) is 1. The molecule has 1 aromatic heterocycles. The smallest absolute Gasteiger partial charge is 0.139 e. The maximum absolute atomic E-state index is 5.83. The van der Waals surface area contributed by atoms with Gasteiger partial charge in [-0.15, -0.1) is 0 Å². The first-order valence-corrected chi connectivity index (χ1v) is 6.52. The highest BCUT2D eigenvalue weighted by Crippen LogP contribution is 2.30. The molecule has 1 heterocycles. The van der Waals surface area contributed by atoms with Crippen molar-refractivity contribution in [3.63, 3.8) is 0 Å². The molecular weight excluding hydrogens is 308 g/mol. The summed E-state index contributed by atoms with van der Waals surface area (Å²) in [4.78, 5) is 8.47. The normalized spacial score (nSPS) is 10.3. The lowest BCUT2D eigenvalue weighted by molar-refractivity contribution is 0.412. The summed E-state index contributed by atoms with van der Waals surface area (Å²) in [6.45, 7) is 3.69. The number of hydrogen-bond acceptors (Lipinski definition) is 5. The summed E-state index contributed by atoms with van der Waals surface area (Å²) in [5, 5.41) is 3.22. The van der Waals surface area contributed by atoms with E-state index in [0.29, 0.717) is 17.5 Å². The standard InChI is InChI=1S/C13H15BrN4O/c1-7-12(15)16-8(2)17-13(7)18-9-4-5-10(14)11(6-9)19-3/h4-6H,1-3H3,(H3,15,16,17,18). The summed E-state index contributed by atoms with van der Waals surface area (Å²) >= 11 is 3.42. The molecule has 0 spiro atoms. The van der Waals surface area contributed by atoms with E-state index in [4.69, 9.17) is 10.5 Å². The fourth-order valence-electron chi connectivity index (χ4n) is 1.65. The Morgan fingerprint density at radius 3 is 2.68 bits per heavy atom. The molecule has 2 aromatic rings. The van der Waals surface area contributed by atoms with Gasteiger partial charge in [0.05, 0.1) is 11.6 Å². The van der Waals surface area contributed by atoms with Gasteiger partial charge in [0.2, 0.25) is 0 Å². The second-order valence-electron chi connectivity index (χ2n) is 4.10. The topological polar surface area (TPSA) is 73.1 Å². The minimum Gasteiger partial charge on any atom is -0.495 e. The van der Waals surface area contributed by atoms with Crippen molar-refractivity contribution < 1.29 is 4.74 Å². The molecule has 0 unspecified atom stereocenters. The van der Waals surface area contributed by atoms with Crippen LogP contribution < -0.4 is 15.8 Å². The summed E-state index contributed by atoms with van der Waals surface area (Å²) < 4.78 is 6.16. The van der Waals surface area contributed by atoms with E-state index < -0.39 is 0 Å². The van der Waals surface area contributed by atoms with Gasteiger partial charge in [0, 0.05) is 17.3 Å². The lowest BCUT2D eigenvalue weighted by Crippen LogP contribution is -2.05. The molecule has 19 heavy (non-hydrogen) atoms. The Labute approximate surface area is 120 Å². The molecule has 0 radical (unpaired) electrons. The van der Waals surface area contributed by atoms with Crippen molar-refractivity contribution in [2.75, 3.05) is 18.2 Å². The van der Waals surface area contributed by atoms with Crippen LogP contribution in [0.2, 0.25) is 0 Å². The number of anilines is 3. The lowest BCUT2D eigenvalue weighted by atomic mass is 10.2. The van der Waals surface area contributed by atoms with Crippen molar-refractivity contribution in [3.05, 3.63) is 34.1 Å². The molecule has 1 aromatic carbocycles. The SMILES string of the molecule is COc1cc(Nc2nc(C)nc(N)c2C)ccc1Br. The Hall–Kier alpha value is -1.82. The zero-order valence-corrected chi connectivity index (χ0v) is 12.6. The Bertz CT molecular complexity index is 616. The summed E-state index contributed by atoms with van der Waals surface area (Å²) in [6.07, 6.45) is 0. The molecule has 0 saturated heterocycles. The first kappa shape index (κ1) is 13.6. The van der Waals surface area contributed by atoms with E-state index in [9.17, 15) is 0 Å². The second kappa shape index (κ2) is 5.44. The number of methoxy groups -OCH3 is 1. The van der Waals surface area contributed by atoms with E-state index in [-0.39, 0.29) is 0 Å². The van der Waals surface area contributed by atoms with Crippen LogP contribution in [0.25, 0.3) is 0 Å². The summed E-state index contributed by atoms with van der Waals surface area (Å²) in [5.74, 6) is 2.57. The van der Waals surface area contributed by atoms with Gasteiger partial charge in [-0.1, -0.05) is 0 Å². The predicted octanol–water partition coefficient (Wildman–Crippen LogP) is 3.19. The van der Waals surface area contributed by atoms with Crippen molar-refractivity contribution in [1.82, 2.24) is 9.97 Å². The van der Waals surface area contributed by atoms with Gasteiger partial charge in [0.15, 0.2) is 0 Å². The summed E-state index contributed by atoms with van der Waals surface area (Å²) in [5.41, 5.74) is 7.53. The van der Waals surface area contributed by atoms with Gasteiger partial charge in [0.1, 0.15) is 23.2 Å². The number of nitrogens with two attached hydrogens (primary N) is 1. The van der Waals surface area contributed by atoms with E-state index in [1.54, 1.807) is 7.11 Å². The molecule has 0 aliphatic carbocycles. The van der Waals surface area contributed by atoms with Crippen LogP contribution in [0.3, 0.4) is 0 Å². The van der Waals surface area contributed by atoms with Gasteiger partial charge in [0.25, 0.3) is 0 Å². The van der Waals surface area contributed by atoms with Crippen LogP contribution in [-0.2, 0) is 0 Å². The number of nitrogen functional groups attached to an aromatic ring is 1. The highest BCUT2D eigenvalue weighted by Gasteiger charge is 2.08. The van der Waals surface area contributed by atoms with Crippen molar-refractivity contribution in [2.24, 2.45) is 0 Å². The summed E-state index contributed by atoms with van der Waals surface area (Å²) in [7, 11) is 1.63. The van der Waals surface area contributed by atoms with Gasteiger partial charge in [-0.3, -0.25) is 0 Å². The molecule has 0 fully saturated rings. The number of nitrogens with one attached hydrogen (secondary N) is 1. The number of aromatic nitrogens is 2. The number of hydrogen-bond donors (Lipinski definition) is 2. The lowest BCUT2D eigenvalue weighted by Gasteiger charge is -2.12. The van der Waals surface area contributed by atoms with E-state index >= 15 is 0 Å². The number of aryl methyl sites for hydroxylation is 1. The quantitative estimate of drug-likeness (QED) is 0.907. The van der Waals surface area contributed by atoms with Crippen molar-refractivity contribution in [2.45, 2.75) is 13.8 Å². The fraction of sp³-hybridized carbons (Fsp3) is 0.231. The van der Waals surface area contributed by atoms with Crippen LogP contribution in [-0.4, -0.2) is 17.1 Å². The maximum Gasteiger partial charge on any atom is 0.139 e. The highest BCUT2D eigenvalue weighted by atomic mass is 79.9. The fourth-order valence-corrected chi connectivity index (χ4v) is 2.05. The van der Waals surface area contributed by atoms with Gasteiger partial charge in [-0.2, -0.15) is 0 Å². The molecule has 0 aliphatic heterocycles. The monoisotopic (exact) mass is 322 g/mol. The van der Waals surface area contributed by atoms with Gasteiger partial charge < -0.3 is 15.8 Å². The summed E-state index contributed by atoms with van der Waals surface area (Å²) in [6, 6.07) is 5.73. The Morgan fingerprint density at radius 2 is 2.00 bits per heavy atom. The average Bonchev–Trinajstić information content (AvgIpc) is 2.37. The van der Waals surface area contributed by atoms with Crippen molar-refractivity contribution in [1.29, 1.82) is 0 Å². The van der Waals surface area contributed by atoms with Crippen LogP contribution in [0.15, 0.2) is 22.7 Å². The maximum atomic E-state index is 5.83.